The van der Waals surface area contributed by atoms with Crippen LogP contribution in [0.2, 0.25) is 30.7 Å². The van der Waals surface area contributed by atoms with E-state index < -0.39 is 21.8 Å². The number of rotatable bonds is 12. The van der Waals surface area contributed by atoms with Crippen molar-refractivity contribution in [2.75, 3.05) is 13.2 Å². The van der Waals surface area contributed by atoms with Gasteiger partial charge in [0.1, 0.15) is 12.4 Å². The molecule has 230 valence electrons. The lowest BCUT2D eigenvalue weighted by molar-refractivity contribution is -0.154. The number of hydrogen-bond acceptors (Lipinski definition) is 4. The molecule has 0 amide bonds. The predicted octanol–water partition coefficient (Wildman–Crippen LogP) is 7.65. The summed E-state index contributed by atoms with van der Waals surface area (Å²) in [7, 11) is -3.87. The third kappa shape index (κ3) is 8.64. The second kappa shape index (κ2) is 14.0. The van der Waals surface area contributed by atoms with Gasteiger partial charge in [-0.05, 0) is 67.4 Å². The van der Waals surface area contributed by atoms with Gasteiger partial charge in [0, 0.05) is 20.6 Å². The summed E-state index contributed by atoms with van der Waals surface area (Å²) in [6.45, 7) is 20.2. The van der Waals surface area contributed by atoms with Crippen molar-refractivity contribution in [3.05, 3.63) is 72.8 Å². The monoisotopic (exact) mass is 606 g/mol. The Bertz CT molecular complexity index is 1150. The summed E-state index contributed by atoms with van der Waals surface area (Å²) in [5, 5.41) is 2.36. The third-order valence-corrected chi connectivity index (χ3v) is 14.9. The van der Waals surface area contributed by atoms with E-state index in [1.165, 1.54) is 10.4 Å². The molecule has 1 fully saturated rings. The minimum atomic E-state index is -2.72. The molecule has 6 heteroatoms. The third-order valence-electron chi connectivity index (χ3n) is 8.42. The summed E-state index contributed by atoms with van der Waals surface area (Å²) in [6, 6.07) is 22.5. The van der Waals surface area contributed by atoms with Gasteiger partial charge in [-0.15, -0.1) is 0 Å². The Morgan fingerprint density at radius 2 is 1.40 bits per heavy atom. The van der Waals surface area contributed by atoms with Crippen LogP contribution in [0.15, 0.2) is 72.8 Å². The molecule has 0 aromatic heterocycles. The van der Waals surface area contributed by atoms with Gasteiger partial charge in [-0.1, -0.05) is 113 Å². The number of ketones is 1. The second-order valence-electron chi connectivity index (χ2n) is 15.3. The van der Waals surface area contributed by atoms with Crippen LogP contribution < -0.4 is 10.4 Å². The lowest BCUT2D eigenvalue weighted by Gasteiger charge is -2.43. The predicted molar refractivity (Wildman–Crippen MR) is 181 cm³/mol. The second-order valence-corrected chi connectivity index (χ2v) is 25.2. The van der Waals surface area contributed by atoms with Crippen LogP contribution in [-0.4, -0.2) is 41.4 Å². The van der Waals surface area contributed by atoms with Crippen molar-refractivity contribution < 1.29 is 18.8 Å². The average molecular weight is 607 g/mol. The summed E-state index contributed by atoms with van der Waals surface area (Å²) in [4.78, 5) is 26.3. The summed E-state index contributed by atoms with van der Waals surface area (Å²) >= 11 is 0. The van der Waals surface area contributed by atoms with E-state index in [4.69, 9.17) is 9.16 Å². The van der Waals surface area contributed by atoms with E-state index in [0.717, 1.165) is 18.9 Å². The summed E-state index contributed by atoms with van der Waals surface area (Å²) in [6.07, 6.45) is 6.95. The van der Waals surface area contributed by atoms with Crippen molar-refractivity contribution in [2.45, 2.75) is 91.5 Å². The van der Waals surface area contributed by atoms with Crippen LogP contribution >= 0.6 is 0 Å². The van der Waals surface area contributed by atoms with Crippen molar-refractivity contribution in [2.24, 2.45) is 23.2 Å². The summed E-state index contributed by atoms with van der Waals surface area (Å²) < 4.78 is 13.0. The molecule has 3 rings (SSSR count). The van der Waals surface area contributed by atoms with E-state index in [-0.39, 0.29) is 41.2 Å². The van der Waals surface area contributed by atoms with Gasteiger partial charge >= 0.3 is 5.97 Å². The van der Waals surface area contributed by atoms with Gasteiger partial charge in [-0.2, -0.15) is 0 Å². The topological polar surface area (TPSA) is 52.6 Å². The Morgan fingerprint density at radius 1 is 0.857 bits per heavy atom. The smallest absolute Gasteiger partial charge is 0.311 e. The summed E-state index contributed by atoms with van der Waals surface area (Å²) in [5.41, 5.74) is -0.589. The quantitative estimate of drug-likeness (QED) is 0.142. The molecule has 3 atom stereocenters. The van der Waals surface area contributed by atoms with Crippen LogP contribution in [0.3, 0.4) is 0 Å². The van der Waals surface area contributed by atoms with Crippen molar-refractivity contribution >= 4 is 38.5 Å². The fraction of sp³-hybridized carbons (Fsp3) is 0.556. The van der Waals surface area contributed by atoms with Crippen molar-refractivity contribution in [1.82, 2.24) is 0 Å². The highest BCUT2D eigenvalue weighted by Crippen LogP contribution is 2.41. The Labute approximate surface area is 257 Å². The van der Waals surface area contributed by atoms with Crippen molar-refractivity contribution in [3.63, 3.8) is 0 Å². The molecular weight excluding hydrogens is 553 g/mol. The number of benzene rings is 2. The lowest BCUT2D eigenvalue weighted by atomic mass is 9.91. The SMILES string of the molecule is CC(C)(C)C(=O)OC[C@H]1C[C@@H](CO[Si](c2ccccc2)(c2ccccc2)C(C)(C)C)[C@@H](CC/C=C\C[Si](C)(C)C)C1=O. The van der Waals surface area contributed by atoms with Gasteiger partial charge in [0.25, 0.3) is 8.32 Å². The van der Waals surface area contributed by atoms with E-state index in [1.54, 1.807) is 0 Å². The first-order chi connectivity index (χ1) is 19.6. The minimum Gasteiger partial charge on any atom is -0.465 e. The minimum absolute atomic E-state index is 0.0860. The molecule has 0 saturated heterocycles. The van der Waals surface area contributed by atoms with Gasteiger partial charge in [-0.25, -0.2) is 0 Å². The number of esters is 1. The lowest BCUT2D eigenvalue weighted by Crippen LogP contribution is -2.67. The normalized spacial score (nSPS) is 20.3. The fourth-order valence-electron chi connectivity index (χ4n) is 6.11. The van der Waals surface area contributed by atoms with Gasteiger partial charge < -0.3 is 9.16 Å². The van der Waals surface area contributed by atoms with Gasteiger partial charge in [0.05, 0.1) is 11.3 Å². The number of allylic oxidation sites excluding steroid dienone is 2. The molecule has 0 spiro atoms. The van der Waals surface area contributed by atoms with E-state index >= 15 is 0 Å². The number of carbonyl (C=O) groups is 2. The van der Waals surface area contributed by atoms with Crippen LogP contribution in [0, 0.1) is 23.2 Å². The Morgan fingerprint density at radius 3 is 1.88 bits per heavy atom. The first-order valence-corrected chi connectivity index (χ1v) is 21.3. The van der Waals surface area contributed by atoms with E-state index in [0.29, 0.717) is 13.0 Å². The molecule has 2 aromatic carbocycles. The molecule has 0 heterocycles. The Balaban J connectivity index is 1.89. The molecule has 0 unspecified atom stereocenters. The Hall–Kier alpha value is -2.29. The molecular formula is C36H54O4Si2. The maximum atomic E-state index is 13.8. The highest BCUT2D eigenvalue weighted by molar-refractivity contribution is 6.99. The maximum absolute atomic E-state index is 13.8. The average Bonchev–Trinajstić information content (AvgIpc) is 3.20. The van der Waals surface area contributed by atoms with E-state index in [1.807, 2.05) is 20.8 Å². The molecule has 0 aliphatic heterocycles. The van der Waals surface area contributed by atoms with E-state index in [2.05, 4.69) is 113 Å². The zero-order chi connectivity index (χ0) is 31.2. The van der Waals surface area contributed by atoms with Crippen molar-refractivity contribution in [3.8, 4) is 0 Å². The van der Waals surface area contributed by atoms with Crippen molar-refractivity contribution in [1.29, 1.82) is 0 Å². The number of ether oxygens (including phenoxy) is 1. The molecule has 1 aliphatic rings. The first kappa shape index (κ1) is 34.2. The summed E-state index contributed by atoms with van der Waals surface area (Å²) in [5.74, 6) is -0.319. The van der Waals surface area contributed by atoms with Crippen LogP contribution in [-0.2, 0) is 18.8 Å². The molecule has 2 aromatic rings. The molecule has 0 bridgehead atoms. The first-order valence-electron chi connectivity index (χ1n) is 15.7. The van der Waals surface area contributed by atoms with Gasteiger partial charge in [0.15, 0.2) is 0 Å². The Kier molecular flexibility index (Phi) is 11.4. The molecule has 0 radical (unpaired) electrons. The number of Topliss-reactive ketones (excluding diaryl/α,β-unsaturated/α-hetero) is 1. The highest BCUT2D eigenvalue weighted by atomic mass is 28.4. The molecule has 1 saturated carbocycles. The van der Waals surface area contributed by atoms with Crippen LogP contribution in [0.1, 0.15) is 60.8 Å². The molecule has 4 nitrogen and oxygen atoms in total. The number of hydrogen-bond donors (Lipinski definition) is 0. The number of carbonyl (C=O) groups excluding carboxylic acids is 2. The van der Waals surface area contributed by atoms with Gasteiger partial charge in [0.2, 0.25) is 0 Å². The highest BCUT2D eigenvalue weighted by Gasteiger charge is 2.51. The largest absolute Gasteiger partial charge is 0.465 e. The molecule has 42 heavy (non-hydrogen) atoms. The maximum Gasteiger partial charge on any atom is 0.311 e. The standard InChI is InChI=1S/C36H54O4Si2/c1-35(2,3)34(38)39-26-29-25-28(32(33(29)37)23-17-12-18-24-41(7,8)9)27-40-42(36(4,5)6,30-19-13-10-14-20-30)31-21-15-11-16-22-31/h10-16,18-22,28-29,32H,17,23-27H2,1-9H3/b18-12-/t28-,29+,32+/m0/s1. The van der Waals surface area contributed by atoms with Crippen LogP contribution in [0.5, 0.6) is 0 Å². The molecule has 0 N–H and O–H groups in total. The zero-order valence-electron chi connectivity index (χ0n) is 27.5. The van der Waals surface area contributed by atoms with Gasteiger partial charge in [-0.3, -0.25) is 9.59 Å². The van der Waals surface area contributed by atoms with Crippen LogP contribution in [0.25, 0.3) is 0 Å². The zero-order valence-corrected chi connectivity index (χ0v) is 29.5. The van der Waals surface area contributed by atoms with E-state index in [9.17, 15) is 9.59 Å². The van der Waals surface area contributed by atoms with Crippen LogP contribution in [0.4, 0.5) is 0 Å². The molecule has 1 aliphatic carbocycles. The fourth-order valence-corrected chi connectivity index (χ4v) is 11.6.